The molecule has 3 atom stereocenters. The molecule has 1 aromatic rings. The number of fused-ring (bicyclic) bond motifs is 1. The molecule has 104 valence electrons. The van der Waals surface area contributed by atoms with Crippen LogP contribution in [0.1, 0.15) is 63.2 Å². The van der Waals surface area contributed by atoms with Gasteiger partial charge >= 0.3 is 5.97 Å². The number of nitrogens with zero attached hydrogens (tertiary/aromatic N) is 4. The summed E-state index contributed by atoms with van der Waals surface area (Å²) in [5.74, 6) is 2.08. The summed E-state index contributed by atoms with van der Waals surface area (Å²) in [6.07, 6.45) is 6.01. The monoisotopic (exact) mass is 264 g/mol. The lowest BCUT2D eigenvalue weighted by molar-refractivity contribution is -0.138. The van der Waals surface area contributed by atoms with E-state index in [1.165, 1.54) is 25.7 Å². The molecule has 2 aliphatic rings. The highest BCUT2D eigenvalue weighted by Gasteiger charge is 2.54. The van der Waals surface area contributed by atoms with Crippen LogP contribution >= 0.6 is 0 Å². The van der Waals surface area contributed by atoms with Gasteiger partial charge in [-0.3, -0.25) is 4.79 Å². The van der Waals surface area contributed by atoms with Gasteiger partial charge in [0.05, 0.1) is 12.5 Å². The van der Waals surface area contributed by atoms with Gasteiger partial charge in [0, 0.05) is 5.92 Å². The zero-order valence-electron chi connectivity index (χ0n) is 11.2. The van der Waals surface area contributed by atoms with E-state index in [2.05, 4.69) is 15.5 Å². The molecule has 0 aromatic carbocycles. The normalized spacial score (nSPS) is 30.7. The first kappa shape index (κ1) is 12.6. The quantitative estimate of drug-likeness (QED) is 0.879. The molecular weight excluding hydrogens is 244 g/mol. The van der Waals surface area contributed by atoms with Crippen molar-refractivity contribution < 1.29 is 9.90 Å². The molecule has 0 aliphatic heterocycles. The molecule has 2 saturated carbocycles. The lowest BCUT2D eigenvalue weighted by Crippen LogP contribution is -2.17. The second-order valence-corrected chi connectivity index (χ2v) is 5.78. The van der Waals surface area contributed by atoms with Gasteiger partial charge in [-0.25, -0.2) is 4.68 Å². The lowest BCUT2D eigenvalue weighted by atomic mass is 10.0. The van der Waals surface area contributed by atoms with Crippen molar-refractivity contribution in [1.29, 1.82) is 0 Å². The molecule has 0 bridgehead atoms. The molecule has 3 rings (SSSR count). The van der Waals surface area contributed by atoms with Gasteiger partial charge in [-0.15, -0.1) is 5.10 Å². The molecule has 1 N–H and O–H groups in total. The molecule has 1 heterocycles. The van der Waals surface area contributed by atoms with Crippen molar-refractivity contribution in [2.24, 2.45) is 11.8 Å². The smallest absolute Gasteiger partial charge is 0.305 e. The first-order valence-corrected chi connectivity index (χ1v) is 7.22. The lowest BCUT2D eigenvalue weighted by Gasteiger charge is -2.14. The standard InChI is InChI=1S/C13H20N4O2/c1-2-8(7-11(18)19)17-13(14-15-16-17)12-9-5-3-4-6-10(9)12/h8-10,12H,2-7H2,1H3,(H,18,19). The Morgan fingerprint density at radius 1 is 1.42 bits per heavy atom. The van der Waals surface area contributed by atoms with Gasteiger partial charge in [0.2, 0.25) is 0 Å². The Hall–Kier alpha value is -1.46. The van der Waals surface area contributed by atoms with Gasteiger partial charge in [0.25, 0.3) is 0 Å². The Bertz CT molecular complexity index is 461. The molecule has 6 nitrogen and oxygen atoms in total. The Labute approximate surface area is 112 Å². The van der Waals surface area contributed by atoms with E-state index in [1.807, 2.05) is 6.92 Å². The molecule has 0 radical (unpaired) electrons. The number of carbonyl (C=O) groups is 1. The van der Waals surface area contributed by atoms with E-state index in [4.69, 9.17) is 5.11 Å². The maximum atomic E-state index is 10.9. The fourth-order valence-electron chi connectivity index (χ4n) is 3.66. The Kier molecular flexibility index (Phi) is 3.24. The summed E-state index contributed by atoms with van der Waals surface area (Å²) in [7, 11) is 0. The summed E-state index contributed by atoms with van der Waals surface area (Å²) < 4.78 is 1.77. The molecule has 1 aromatic heterocycles. The van der Waals surface area contributed by atoms with Crippen molar-refractivity contribution in [2.75, 3.05) is 0 Å². The third-order valence-corrected chi connectivity index (χ3v) is 4.70. The minimum atomic E-state index is -0.790. The molecule has 6 heteroatoms. The predicted octanol–water partition coefficient (Wildman–Crippen LogP) is 2.00. The molecule has 0 amide bonds. The van der Waals surface area contributed by atoms with Crippen molar-refractivity contribution in [1.82, 2.24) is 20.2 Å². The summed E-state index contributed by atoms with van der Waals surface area (Å²) in [5.41, 5.74) is 0. The molecule has 0 saturated heterocycles. The zero-order chi connectivity index (χ0) is 13.4. The number of rotatable bonds is 5. The van der Waals surface area contributed by atoms with E-state index in [1.54, 1.807) is 4.68 Å². The van der Waals surface area contributed by atoms with Crippen LogP contribution in [-0.4, -0.2) is 31.3 Å². The van der Waals surface area contributed by atoms with E-state index < -0.39 is 5.97 Å². The Balaban J connectivity index is 1.80. The topological polar surface area (TPSA) is 80.9 Å². The van der Waals surface area contributed by atoms with Crippen LogP contribution in [0.15, 0.2) is 0 Å². The number of carboxylic acid groups (broad SMARTS) is 1. The third kappa shape index (κ3) is 2.24. The molecule has 2 aliphatic carbocycles. The maximum Gasteiger partial charge on any atom is 0.305 e. The highest BCUT2D eigenvalue weighted by Crippen LogP contribution is 2.60. The second kappa shape index (κ2) is 4.90. The number of hydrogen-bond donors (Lipinski definition) is 1. The average molecular weight is 264 g/mol. The summed E-state index contributed by atoms with van der Waals surface area (Å²) in [4.78, 5) is 10.9. The van der Waals surface area contributed by atoms with Crippen LogP contribution in [0.5, 0.6) is 0 Å². The minimum Gasteiger partial charge on any atom is -0.481 e. The van der Waals surface area contributed by atoms with Crippen LogP contribution in [0.2, 0.25) is 0 Å². The fraction of sp³-hybridized carbons (Fsp3) is 0.846. The minimum absolute atomic E-state index is 0.0938. The van der Waals surface area contributed by atoms with Gasteiger partial charge < -0.3 is 5.11 Å². The fourth-order valence-corrected chi connectivity index (χ4v) is 3.66. The van der Waals surface area contributed by atoms with Crippen LogP contribution in [0.3, 0.4) is 0 Å². The number of carboxylic acids is 1. The van der Waals surface area contributed by atoms with Crippen LogP contribution in [0.4, 0.5) is 0 Å². The van der Waals surface area contributed by atoms with Crippen molar-refractivity contribution in [3.05, 3.63) is 5.82 Å². The van der Waals surface area contributed by atoms with Gasteiger partial charge in [0.1, 0.15) is 0 Å². The summed E-state index contributed by atoms with van der Waals surface area (Å²) >= 11 is 0. The van der Waals surface area contributed by atoms with E-state index in [0.29, 0.717) is 5.92 Å². The van der Waals surface area contributed by atoms with Crippen LogP contribution in [0.25, 0.3) is 0 Å². The van der Waals surface area contributed by atoms with Crippen molar-refractivity contribution in [3.63, 3.8) is 0 Å². The Morgan fingerprint density at radius 3 is 2.68 bits per heavy atom. The maximum absolute atomic E-state index is 10.9. The second-order valence-electron chi connectivity index (χ2n) is 5.78. The summed E-state index contributed by atoms with van der Waals surface area (Å²) in [5, 5.41) is 21.0. The van der Waals surface area contributed by atoms with Gasteiger partial charge in [-0.2, -0.15) is 0 Å². The SMILES string of the molecule is CCC(CC(=O)O)n1nnnc1C1C2CCCCC21. The number of hydrogen-bond acceptors (Lipinski definition) is 4. The first-order valence-electron chi connectivity index (χ1n) is 7.22. The van der Waals surface area contributed by atoms with Crippen molar-refractivity contribution >= 4 is 5.97 Å². The number of aliphatic carboxylic acids is 1. The van der Waals surface area contributed by atoms with Crippen LogP contribution in [-0.2, 0) is 4.79 Å². The van der Waals surface area contributed by atoms with E-state index >= 15 is 0 Å². The molecule has 19 heavy (non-hydrogen) atoms. The summed E-state index contributed by atoms with van der Waals surface area (Å²) in [6.45, 7) is 1.99. The van der Waals surface area contributed by atoms with Crippen molar-refractivity contribution in [3.8, 4) is 0 Å². The third-order valence-electron chi connectivity index (χ3n) is 4.70. The molecular formula is C13H20N4O2. The zero-order valence-corrected chi connectivity index (χ0v) is 11.2. The van der Waals surface area contributed by atoms with E-state index in [0.717, 1.165) is 24.1 Å². The van der Waals surface area contributed by atoms with Gasteiger partial charge in [-0.1, -0.05) is 19.8 Å². The summed E-state index contributed by atoms with van der Waals surface area (Å²) in [6, 6.07) is -0.120. The largest absolute Gasteiger partial charge is 0.481 e. The number of tetrazole rings is 1. The van der Waals surface area contributed by atoms with Crippen molar-refractivity contribution in [2.45, 2.75) is 57.4 Å². The van der Waals surface area contributed by atoms with Crippen LogP contribution < -0.4 is 0 Å². The molecule has 2 fully saturated rings. The number of aromatic nitrogens is 4. The average Bonchev–Trinajstić information content (AvgIpc) is 2.93. The predicted molar refractivity (Wildman–Crippen MR) is 67.6 cm³/mol. The van der Waals surface area contributed by atoms with Crippen LogP contribution in [0, 0.1) is 11.8 Å². The van der Waals surface area contributed by atoms with Gasteiger partial charge in [0.15, 0.2) is 5.82 Å². The van der Waals surface area contributed by atoms with E-state index in [9.17, 15) is 4.79 Å². The Morgan fingerprint density at radius 2 is 2.11 bits per heavy atom. The molecule has 3 unspecified atom stereocenters. The highest BCUT2D eigenvalue weighted by molar-refractivity contribution is 5.67. The van der Waals surface area contributed by atoms with Gasteiger partial charge in [-0.05, 0) is 41.5 Å². The van der Waals surface area contributed by atoms with E-state index in [-0.39, 0.29) is 12.5 Å². The molecule has 0 spiro atoms. The first-order chi connectivity index (χ1) is 9.22. The highest BCUT2D eigenvalue weighted by atomic mass is 16.4.